The molecule has 0 aliphatic heterocycles. The number of guanidine groups is 1. The van der Waals surface area contributed by atoms with Crippen molar-refractivity contribution in [2.75, 3.05) is 13.6 Å². The van der Waals surface area contributed by atoms with Crippen molar-refractivity contribution in [3.8, 4) is 11.6 Å². The maximum Gasteiger partial charge on any atom is 0.219 e. The molecule has 1 aromatic carbocycles. The van der Waals surface area contributed by atoms with Crippen LogP contribution in [0.4, 0.5) is 0 Å². The van der Waals surface area contributed by atoms with Crippen LogP contribution in [0, 0.1) is 27.7 Å². The smallest absolute Gasteiger partial charge is 0.219 e. The van der Waals surface area contributed by atoms with E-state index in [4.69, 9.17) is 4.74 Å². The standard InChI is InChI=1S/C24H32N6O/c1-17-7-8-22(13-18(17)2)31-23-15-21(9-11-26-23)16-28-24(25-5)27-10-6-12-30-20(4)14-19(3)29-30/h7-9,11,13-15H,6,10,12,16H2,1-5H3,(H2,25,27,28). The van der Waals surface area contributed by atoms with Gasteiger partial charge in [0, 0.05) is 44.6 Å². The summed E-state index contributed by atoms with van der Waals surface area (Å²) in [5, 5.41) is 11.2. The van der Waals surface area contributed by atoms with Crippen molar-refractivity contribution in [3.05, 3.63) is 70.7 Å². The number of rotatable bonds is 8. The number of nitrogens with one attached hydrogen (secondary N) is 2. The monoisotopic (exact) mass is 420 g/mol. The molecule has 0 saturated carbocycles. The van der Waals surface area contributed by atoms with E-state index in [1.807, 2.05) is 35.9 Å². The molecule has 164 valence electrons. The Morgan fingerprint density at radius 1 is 1.03 bits per heavy atom. The third-order valence-corrected chi connectivity index (χ3v) is 5.13. The number of aromatic nitrogens is 3. The molecule has 0 spiro atoms. The molecule has 7 nitrogen and oxygen atoms in total. The van der Waals surface area contributed by atoms with Gasteiger partial charge in [0.25, 0.3) is 0 Å². The van der Waals surface area contributed by atoms with Gasteiger partial charge in [-0.1, -0.05) is 6.07 Å². The van der Waals surface area contributed by atoms with E-state index in [0.29, 0.717) is 12.4 Å². The average molecular weight is 421 g/mol. The first-order valence-electron chi connectivity index (χ1n) is 10.6. The Labute approximate surface area is 184 Å². The summed E-state index contributed by atoms with van der Waals surface area (Å²) in [5.74, 6) is 2.14. The summed E-state index contributed by atoms with van der Waals surface area (Å²) in [7, 11) is 1.77. The van der Waals surface area contributed by atoms with Crippen molar-refractivity contribution in [3.63, 3.8) is 0 Å². The maximum absolute atomic E-state index is 5.93. The van der Waals surface area contributed by atoms with E-state index in [2.05, 4.69) is 58.6 Å². The fraction of sp³-hybridized carbons (Fsp3) is 0.375. The highest BCUT2D eigenvalue weighted by Crippen LogP contribution is 2.22. The van der Waals surface area contributed by atoms with Crippen LogP contribution < -0.4 is 15.4 Å². The van der Waals surface area contributed by atoms with Crippen molar-refractivity contribution < 1.29 is 4.74 Å². The maximum atomic E-state index is 5.93. The Balaban J connectivity index is 1.47. The van der Waals surface area contributed by atoms with Gasteiger partial charge in [-0.05, 0) is 75.1 Å². The number of aliphatic imine (C=N–C) groups is 1. The Hall–Kier alpha value is -3.35. The van der Waals surface area contributed by atoms with Crippen molar-refractivity contribution in [2.45, 2.75) is 47.2 Å². The molecule has 0 bridgehead atoms. The van der Waals surface area contributed by atoms with Gasteiger partial charge >= 0.3 is 0 Å². The van der Waals surface area contributed by atoms with Gasteiger partial charge in [-0.2, -0.15) is 5.10 Å². The Morgan fingerprint density at radius 3 is 2.58 bits per heavy atom. The summed E-state index contributed by atoms with van der Waals surface area (Å²) in [5.41, 5.74) is 5.76. The van der Waals surface area contributed by atoms with E-state index in [-0.39, 0.29) is 0 Å². The number of benzene rings is 1. The largest absolute Gasteiger partial charge is 0.439 e. The summed E-state index contributed by atoms with van der Waals surface area (Å²) < 4.78 is 7.97. The van der Waals surface area contributed by atoms with Gasteiger partial charge in [0.05, 0.1) is 5.69 Å². The van der Waals surface area contributed by atoms with Crippen LogP contribution in [-0.4, -0.2) is 34.3 Å². The first kappa shape index (κ1) is 22.3. The second kappa shape index (κ2) is 10.6. The highest BCUT2D eigenvalue weighted by atomic mass is 16.5. The lowest BCUT2D eigenvalue weighted by atomic mass is 10.1. The van der Waals surface area contributed by atoms with Crippen LogP contribution in [0.1, 0.15) is 34.5 Å². The van der Waals surface area contributed by atoms with Gasteiger partial charge in [-0.15, -0.1) is 0 Å². The normalized spacial score (nSPS) is 11.5. The van der Waals surface area contributed by atoms with Crippen molar-refractivity contribution >= 4 is 5.96 Å². The second-order valence-electron chi connectivity index (χ2n) is 7.71. The lowest BCUT2D eigenvalue weighted by molar-refractivity contribution is 0.461. The van der Waals surface area contributed by atoms with Crippen molar-refractivity contribution in [1.29, 1.82) is 0 Å². The molecule has 0 aliphatic carbocycles. The van der Waals surface area contributed by atoms with Crippen LogP contribution in [0.3, 0.4) is 0 Å². The van der Waals surface area contributed by atoms with Gasteiger partial charge in [0.15, 0.2) is 5.96 Å². The van der Waals surface area contributed by atoms with Crippen molar-refractivity contribution in [2.24, 2.45) is 4.99 Å². The van der Waals surface area contributed by atoms with Crippen LogP contribution in [-0.2, 0) is 13.1 Å². The summed E-state index contributed by atoms with van der Waals surface area (Å²) in [4.78, 5) is 8.63. The van der Waals surface area contributed by atoms with Crippen LogP contribution >= 0.6 is 0 Å². The van der Waals surface area contributed by atoms with Crippen molar-refractivity contribution in [1.82, 2.24) is 25.4 Å². The minimum atomic E-state index is 0.579. The first-order chi connectivity index (χ1) is 14.9. The molecule has 2 heterocycles. The molecule has 0 unspecified atom stereocenters. The lowest BCUT2D eigenvalue weighted by Gasteiger charge is -2.13. The second-order valence-corrected chi connectivity index (χ2v) is 7.71. The Morgan fingerprint density at radius 2 is 1.87 bits per heavy atom. The predicted octanol–water partition coefficient (Wildman–Crippen LogP) is 4.06. The van der Waals surface area contributed by atoms with Crippen LogP contribution in [0.15, 0.2) is 47.6 Å². The molecule has 3 aromatic rings. The minimum Gasteiger partial charge on any atom is -0.439 e. The summed E-state index contributed by atoms with van der Waals surface area (Å²) in [6.07, 6.45) is 2.73. The SMILES string of the molecule is CN=C(NCCCn1nc(C)cc1C)NCc1ccnc(Oc2ccc(C)c(C)c2)c1. The molecule has 2 N–H and O–H groups in total. The molecule has 2 aromatic heterocycles. The van der Waals surface area contributed by atoms with Crippen LogP contribution in [0.5, 0.6) is 11.6 Å². The number of hydrogen-bond donors (Lipinski definition) is 2. The third kappa shape index (κ3) is 6.57. The highest BCUT2D eigenvalue weighted by molar-refractivity contribution is 5.79. The summed E-state index contributed by atoms with van der Waals surface area (Å²) in [6.45, 7) is 10.6. The van der Waals surface area contributed by atoms with Crippen LogP contribution in [0.25, 0.3) is 0 Å². The number of pyridine rings is 1. The zero-order valence-corrected chi connectivity index (χ0v) is 19.1. The van der Waals surface area contributed by atoms with Crippen LogP contribution in [0.2, 0.25) is 0 Å². The van der Waals surface area contributed by atoms with Gasteiger partial charge in [-0.25, -0.2) is 4.98 Å². The quantitative estimate of drug-likeness (QED) is 0.326. The molecular weight excluding hydrogens is 388 g/mol. The summed E-state index contributed by atoms with van der Waals surface area (Å²) >= 11 is 0. The van der Waals surface area contributed by atoms with E-state index in [1.165, 1.54) is 16.8 Å². The number of aryl methyl sites for hydroxylation is 5. The molecule has 0 fully saturated rings. The van der Waals surface area contributed by atoms with E-state index in [9.17, 15) is 0 Å². The molecule has 3 rings (SSSR count). The molecular formula is C24H32N6O. The minimum absolute atomic E-state index is 0.579. The fourth-order valence-electron chi connectivity index (χ4n) is 3.26. The van der Waals surface area contributed by atoms with E-state index in [0.717, 1.165) is 42.5 Å². The number of hydrogen-bond acceptors (Lipinski definition) is 4. The molecule has 0 atom stereocenters. The zero-order valence-electron chi connectivity index (χ0n) is 19.1. The molecule has 0 radical (unpaired) electrons. The first-order valence-corrected chi connectivity index (χ1v) is 10.6. The molecule has 0 amide bonds. The summed E-state index contributed by atoms with van der Waals surface area (Å²) in [6, 6.07) is 12.1. The van der Waals surface area contributed by atoms with E-state index >= 15 is 0 Å². The third-order valence-electron chi connectivity index (χ3n) is 5.13. The molecule has 31 heavy (non-hydrogen) atoms. The zero-order chi connectivity index (χ0) is 22.2. The highest BCUT2D eigenvalue weighted by Gasteiger charge is 2.05. The predicted molar refractivity (Wildman–Crippen MR) is 125 cm³/mol. The Kier molecular flexibility index (Phi) is 7.65. The molecule has 0 aliphatic rings. The van der Waals surface area contributed by atoms with Gasteiger partial charge in [0.2, 0.25) is 5.88 Å². The number of ether oxygens (including phenoxy) is 1. The lowest BCUT2D eigenvalue weighted by Crippen LogP contribution is -2.37. The van der Waals surface area contributed by atoms with E-state index < -0.39 is 0 Å². The molecule has 7 heteroatoms. The van der Waals surface area contributed by atoms with Gasteiger partial charge in [0.1, 0.15) is 5.75 Å². The Bertz CT molecular complexity index is 1040. The van der Waals surface area contributed by atoms with Gasteiger partial charge < -0.3 is 15.4 Å². The van der Waals surface area contributed by atoms with E-state index in [1.54, 1.807) is 13.2 Å². The molecule has 0 saturated heterocycles. The van der Waals surface area contributed by atoms with Gasteiger partial charge in [-0.3, -0.25) is 9.67 Å². The average Bonchev–Trinajstić information content (AvgIpc) is 3.07. The fourth-order valence-corrected chi connectivity index (χ4v) is 3.26. The number of nitrogens with zero attached hydrogens (tertiary/aromatic N) is 4. The topological polar surface area (TPSA) is 76.4 Å².